The number of rotatable bonds is 3. The molecule has 0 fully saturated rings. The first-order valence-corrected chi connectivity index (χ1v) is 3.65. The molecule has 0 aliphatic carbocycles. The summed E-state index contributed by atoms with van der Waals surface area (Å²) in [7, 11) is -4.35. The maximum absolute atomic E-state index is 11.4. The van der Waals surface area contributed by atoms with Crippen LogP contribution >= 0.6 is 0 Å². The van der Waals surface area contributed by atoms with Gasteiger partial charge in [-0.05, 0) is 6.42 Å². The van der Waals surface area contributed by atoms with E-state index in [-0.39, 0.29) is 13.0 Å². The third kappa shape index (κ3) is 5.84. The average molecular weight is 142 g/mol. The Morgan fingerprint density at radius 3 is 2.12 bits per heavy atom. The van der Waals surface area contributed by atoms with Gasteiger partial charge in [0.2, 0.25) is 0 Å². The maximum Gasteiger partial charge on any atom is 0.302 e. The van der Waals surface area contributed by atoms with Gasteiger partial charge in [-0.1, -0.05) is 0 Å². The first kappa shape index (κ1) is 7.84. The minimum atomic E-state index is -4.35. The van der Waals surface area contributed by atoms with Gasteiger partial charge >= 0.3 is 10.2 Å². The van der Waals surface area contributed by atoms with Crippen molar-refractivity contribution in [1.29, 1.82) is 0 Å². The molecule has 50 valence electrons. The molecule has 0 unspecified atom stereocenters. The molecule has 0 aliphatic heterocycles. The quantitative estimate of drug-likeness (QED) is 0.549. The summed E-state index contributed by atoms with van der Waals surface area (Å²) in [4.78, 5) is 0. The second-order valence-corrected chi connectivity index (χ2v) is 2.81. The van der Waals surface area contributed by atoms with Gasteiger partial charge in [0.25, 0.3) is 0 Å². The third-order valence-corrected chi connectivity index (χ3v) is 1.32. The van der Waals surface area contributed by atoms with Crippen LogP contribution in [-0.2, 0) is 10.2 Å². The Labute approximate surface area is 47.3 Å². The molecule has 0 aliphatic rings. The van der Waals surface area contributed by atoms with E-state index in [1.54, 1.807) is 0 Å². The van der Waals surface area contributed by atoms with E-state index < -0.39 is 16.0 Å². The van der Waals surface area contributed by atoms with Gasteiger partial charge in [0.1, 0.15) is 0 Å². The molecule has 0 aromatic carbocycles. The Balaban J connectivity index is 3.42. The van der Waals surface area contributed by atoms with E-state index in [1.165, 1.54) is 0 Å². The van der Waals surface area contributed by atoms with Crippen LogP contribution in [0.4, 0.5) is 3.89 Å². The lowest BCUT2D eigenvalue weighted by atomic mass is 10.5. The molecule has 0 radical (unpaired) electrons. The van der Waals surface area contributed by atoms with Gasteiger partial charge in [0.15, 0.2) is 0 Å². The highest BCUT2D eigenvalue weighted by Crippen LogP contribution is 1.91. The first-order chi connectivity index (χ1) is 3.56. The van der Waals surface area contributed by atoms with Crippen LogP contribution in [0.3, 0.4) is 0 Å². The Hall–Kier alpha value is -0.160. The monoisotopic (exact) mass is 142 g/mol. The molecule has 0 heterocycles. The lowest BCUT2D eigenvalue weighted by molar-refractivity contribution is 0.294. The van der Waals surface area contributed by atoms with Crippen LogP contribution < -0.4 is 0 Å². The van der Waals surface area contributed by atoms with Gasteiger partial charge in [-0.2, -0.15) is 8.42 Å². The summed E-state index contributed by atoms with van der Waals surface area (Å²) in [6, 6.07) is 0. The highest BCUT2D eigenvalue weighted by Gasteiger charge is 2.03. The van der Waals surface area contributed by atoms with Crippen molar-refractivity contribution in [3.63, 3.8) is 0 Å². The fourth-order valence-electron chi connectivity index (χ4n) is 0.237. The van der Waals surface area contributed by atoms with Crippen molar-refractivity contribution < 1.29 is 17.4 Å². The zero-order valence-corrected chi connectivity index (χ0v) is 4.99. The van der Waals surface area contributed by atoms with Crippen LogP contribution in [0, 0.1) is 0 Å². The minimum absolute atomic E-state index is 0.0289. The predicted octanol–water partition coefficient (Wildman–Crippen LogP) is -0.332. The molecule has 0 saturated carbocycles. The molecule has 3 nitrogen and oxygen atoms in total. The van der Waals surface area contributed by atoms with Crippen molar-refractivity contribution in [2.24, 2.45) is 0 Å². The highest BCUT2D eigenvalue weighted by atomic mass is 32.3. The highest BCUT2D eigenvalue weighted by molar-refractivity contribution is 7.86. The van der Waals surface area contributed by atoms with Crippen LogP contribution in [0.2, 0.25) is 0 Å². The van der Waals surface area contributed by atoms with E-state index in [0.717, 1.165) is 0 Å². The maximum atomic E-state index is 11.4. The van der Waals surface area contributed by atoms with Crippen molar-refractivity contribution >= 4 is 10.2 Å². The molecule has 5 heteroatoms. The van der Waals surface area contributed by atoms with E-state index in [2.05, 4.69) is 0 Å². The lowest BCUT2D eigenvalue weighted by Gasteiger charge is -1.87. The van der Waals surface area contributed by atoms with Crippen LogP contribution in [0.5, 0.6) is 0 Å². The second-order valence-electron chi connectivity index (χ2n) is 1.32. The zero-order chi connectivity index (χ0) is 6.62. The predicted molar refractivity (Wildman–Crippen MR) is 26.6 cm³/mol. The van der Waals surface area contributed by atoms with Gasteiger partial charge in [0.05, 0.1) is 5.75 Å². The third-order valence-electron chi connectivity index (χ3n) is 0.546. The Morgan fingerprint density at radius 1 is 1.50 bits per heavy atom. The summed E-state index contributed by atoms with van der Waals surface area (Å²) >= 11 is 0. The van der Waals surface area contributed by atoms with Crippen LogP contribution in [-0.4, -0.2) is 25.9 Å². The summed E-state index contributed by atoms with van der Waals surface area (Å²) < 4.78 is 30.7. The van der Waals surface area contributed by atoms with Crippen LogP contribution in [0.1, 0.15) is 6.42 Å². The first-order valence-electron chi connectivity index (χ1n) is 2.09. The molecule has 0 saturated heterocycles. The largest absolute Gasteiger partial charge is 0.396 e. The van der Waals surface area contributed by atoms with Crippen molar-refractivity contribution in [2.75, 3.05) is 12.4 Å². The van der Waals surface area contributed by atoms with Crippen molar-refractivity contribution in [2.45, 2.75) is 6.42 Å². The minimum Gasteiger partial charge on any atom is -0.396 e. The molecule has 0 aromatic rings. The number of aliphatic hydroxyl groups is 1. The van der Waals surface area contributed by atoms with E-state index >= 15 is 0 Å². The normalized spacial score (nSPS) is 11.8. The van der Waals surface area contributed by atoms with E-state index in [4.69, 9.17) is 5.11 Å². The number of hydrogen-bond acceptors (Lipinski definition) is 3. The molecule has 0 bridgehead atoms. The Morgan fingerprint density at radius 2 is 2.00 bits per heavy atom. The molecular formula is C3H7FO3S. The van der Waals surface area contributed by atoms with Gasteiger partial charge in [0, 0.05) is 6.61 Å². The molecule has 0 rings (SSSR count). The van der Waals surface area contributed by atoms with Gasteiger partial charge in [-0.3, -0.25) is 0 Å². The summed E-state index contributed by atoms with van der Waals surface area (Å²) in [5, 5.41) is 8.00. The van der Waals surface area contributed by atoms with E-state index in [0.29, 0.717) is 0 Å². The average Bonchev–Trinajstić information content (AvgIpc) is 1.59. The second kappa shape index (κ2) is 2.99. The van der Waals surface area contributed by atoms with E-state index in [9.17, 15) is 12.3 Å². The Bertz CT molecular complexity index is 139. The fourth-order valence-corrected chi connectivity index (χ4v) is 0.711. The summed E-state index contributed by atoms with van der Waals surface area (Å²) in [5.74, 6) is -0.580. The number of hydrogen-bond donors (Lipinski definition) is 1. The molecule has 0 atom stereocenters. The van der Waals surface area contributed by atoms with Crippen molar-refractivity contribution in [3.05, 3.63) is 0 Å². The Kier molecular flexibility index (Phi) is 2.93. The smallest absolute Gasteiger partial charge is 0.302 e. The molecule has 1 N–H and O–H groups in total. The van der Waals surface area contributed by atoms with Crippen molar-refractivity contribution in [3.8, 4) is 0 Å². The zero-order valence-electron chi connectivity index (χ0n) is 4.17. The van der Waals surface area contributed by atoms with Gasteiger partial charge in [-0.15, -0.1) is 3.89 Å². The van der Waals surface area contributed by atoms with Crippen molar-refractivity contribution in [1.82, 2.24) is 0 Å². The summed E-state index contributed by atoms with van der Waals surface area (Å²) in [5.41, 5.74) is 0. The van der Waals surface area contributed by atoms with Crippen LogP contribution in [0.25, 0.3) is 0 Å². The molecule has 8 heavy (non-hydrogen) atoms. The summed E-state index contributed by atoms with van der Waals surface area (Å²) in [6.07, 6.45) is -0.0289. The molecular weight excluding hydrogens is 135 g/mol. The van der Waals surface area contributed by atoms with E-state index in [1.807, 2.05) is 0 Å². The SMILES string of the molecule is O=S(=O)(F)CCCO. The van der Waals surface area contributed by atoms with Crippen LogP contribution in [0.15, 0.2) is 0 Å². The molecule has 0 amide bonds. The van der Waals surface area contributed by atoms with Gasteiger partial charge < -0.3 is 5.11 Å². The molecule has 0 aromatic heterocycles. The standard InChI is InChI=1S/C3H7FO3S/c4-8(6,7)3-1-2-5/h5H,1-3H2. The number of halogens is 1. The van der Waals surface area contributed by atoms with Gasteiger partial charge in [-0.25, -0.2) is 0 Å². The number of aliphatic hydroxyl groups excluding tert-OH is 1. The summed E-state index contributed by atoms with van der Waals surface area (Å²) in [6.45, 7) is -0.289. The molecule has 0 spiro atoms. The topological polar surface area (TPSA) is 54.4 Å². The lowest BCUT2D eigenvalue weighted by Crippen LogP contribution is -1.99. The fraction of sp³-hybridized carbons (Fsp3) is 1.00.